The van der Waals surface area contributed by atoms with E-state index >= 15 is 0 Å². The summed E-state index contributed by atoms with van der Waals surface area (Å²) in [6, 6.07) is 0.792. The number of rotatable bonds is 3. The number of hydrogen-bond acceptors (Lipinski definition) is 2. The molecule has 1 N–H and O–H groups in total. The van der Waals surface area contributed by atoms with Crippen LogP contribution in [0.25, 0.3) is 0 Å². The summed E-state index contributed by atoms with van der Waals surface area (Å²) in [7, 11) is 0. The van der Waals surface area contributed by atoms with Crippen LogP contribution in [0, 0.1) is 11.8 Å². The van der Waals surface area contributed by atoms with Crippen molar-refractivity contribution in [1.29, 1.82) is 0 Å². The van der Waals surface area contributed by atoms with Crippen LogP contribution in [0.1, 0.15) is 46.0 Å². The van der Waals surface area contributed by atoms with Gasteiger partial charge in [-0.2, -0.15) is 0 Å². The van der Waals surface area contributed by atoms with Crippen molar-refractivity contribution in [3.63, 3.8) is 0 Å². The van der Waals surface area contributed by atoms with E-state index in [-0.39, 0.29) is 0 Å². The van der Waals surface area contributed by atoms with Crippen LogP contribution in [0.3, 0.4) is 0 Å². The van der Waals surface area contributed by atoms with Crippen LogP contribution in [0.2, 0.25) is 0 Å². The lowest BCUT2D eigenvalue weighted by atomic mass is 9.95. The molecule has 2 nitrogen and oxygen atoms in total. The van der Waals surface area contributed by atoms with E-state index in [9.17, 15) is 0 Å². The summed E-state index contributed by atoms with van der Waals surface area (Å²) < 4.78 is 0. The van der Waals surface area contributed by atoms with Gasteiger partial charge in [0.05, 0.1) is 0 Å². The van der Waals surface area contributed by atoms with Crippen LogP contribution < -0.4 is 5.32 Å². The summed E-state index contributed by atoms with van der Waals surface area (Å²) >= 11 is 0. The van der Waals surface area contributed by atoms with Gasteiger partial charge in [0.15, 0.2) is 0 Å². The fraction of sp³-hybridized carbons (Fsp3) is 1.00. The van der Waals surface area contributed by atoms with Gasteiger partial charge < -0.3 is 5.32 Å². The lowest BCUT2D eigenvalue weighted by Crippen LogP contribution is -2.50. The molecule has 0 radical (unpaired) electrons. The van der Waals surface area contributed by atoms with Gasteiger partial charge in [-0.1, -0.05) is 0 Å². The van der Waals surface area contributed by atoms with Crippen molar-refractivity contribution < 1.29 is 0 Å². The topological polar surface area (TPSA) is 15.3 Å². The average molecular weight is 222 g/mol. The van der Waals surface area contributed by atoms with Gasteiger partial charge in [0.2, 0.25) is 0 Å². The molecule has 1 atom stereocenters. The Morgan fingerprint density at radius 3 is 2.50 bits per heavy atom. The molecule has 3 rings (SSSR count). The Balaban J connectivity index is 1.67. The number of hydrogen-bond donors (Lipinski definition) is 1. The Morgan fingerprint density at radius 2 is 1.88 bits per heavy atom. The second kappa shape index (κ2) is 3.99. The minimum atomic E-state index is 0.458. The van der Waals surface area contributed by atoms with E-state index in [1.54, 1.807) is 0 Å². The largest absolute Gasteiger partial charge is 0.312 e. The molecule has 0 bridgehead atoms. The van der Waals surface area contributed by atoms with Crippen molar-refractivity contribution in [1.82, 2.24) is 10.2 Å². The monoisotopic (exact) mass is 222 g/mol. The minimum absolute atomic E-state index is 0.458. The Hall–Kier alpha value is -0.0800. The summed E-state index contributed by atoms with van der Waals surface area (Å²) in [5.41, 5.74) is 0.458. The summed E-state index contributed by atoms with van der Waals surface area (Å²) in [4.78, 5) is 2.79. The van der Waals surface area contributed by atoms with Gasteiger partial charge in [-0.3, -0.25) is 4.90 Å². The maximum Gasteiger partial charge on any atom is 0.0223 e. The molecule has 0 spiro atoms. The highest BCUT2D eigenvalue weighted by Crippen LogP contribution is 2.44. The smallest absolute Gasteiger partial charge is 0.0223 e. The summed E-state index contributed by atoms with van der Waals surface area (Å²) in [6.07, 6.45) is 7.19. The molecular weight excluding hydrogens is 196 g/mol. The molecular formula is C14H26N2. The van der Waals surface area contributed by atoms with E-state index in [1.165, 1.54) is 51.7 Å². The first-order chi connectivity index (χ1) is 7.68. The summed E-state index contributed by atoms with van der Waals surface area (Å²) in [5, 5.41) is 3.76. The molecule has 16 heavy (non-hydrogen) atoms. The molecule has 2 heteroatoms. The lowest BCUT2D eigenvalue weighted by molar-refractivity contribution is 0.0940. The molecule has 0 aromatic carbocycles. The van der Waals surface area contributed by atoms with E-state index in [4.69, 9.17) is 0 Å². The van der Waals surface area contributed by atoms with Crippen LogP contribution >= 0.6 is 0 Å². The minimum Gasteiger partial charge on any atom is -0.312 e. The molecule has 0 aromatic heterocycles. The lowest BCUT2D eigenvalue weighted by Gasteiger charge is -2.40. The molecule has 0 amide bonds. The van der Waals surface area contributed by atoms with E-state index in [2.05, 4.69) is 24.1 Å². The van der Waals surface area contributed by atoms with Crippen LogP contribution in [0.15, 0.2) is 0 Å². The first-order valence-electron chi connectivity index (χ1n) is 7.16. The fourth-order valence-corrected chi connectivity index (χ4v) is 3.34. The fourth-order valence-electron chi connectivity index (χ4n) is 3.34. The molecule has 3 fully saturated rings. The van der Waals surface area contributed by atoms with Gasteiger partial charge in [0.25, 0.3) is 0 Å². The average Bonchev–Trinajstić information content (AvgIpc) is 3.07. The van der Waals surface area contributed by atoms with Gasteiger partial charge >= 0.3 is 0 Å². The predicted molar refractivity (Wildman–Crippen MR) is 67.5 cm³/mol. The summed E-state index contributed by atoms with van der Waals surface area (Å²) in [6.45, 7) is 8.78. The Kier molecular flexibility index (Phi) is 2.75. The maximum atomic E-state index is 3.76. The third-order valence-electron chi connectivity index (χ3n) is 5.01. The third kappa shape index (κ3) is 2.14. The van der Waals surface area contributed by atoms with Crippen LogP contribution in [0.4, 0.5) is 0 Å². The zero-order valence-corrected chi connectivity index (χ0v) is 10.8. The van der Waals surface area contributed by atoms with Gasteiger partial charge in [0, 0.05) is 18.1 Å². The number of nitrogens with zero attached hydrogens (tertiary/aromatic N) is 1. The van der Waals surface area contributed by atoms with Crippen LogP contribution in [0.5, 0.6) is 0 Å². The maximum absolute atomic E-state index is 3.76. The van der Waals surface area contributed by atoms with Crippen LogP contribution in [-0.2, 0) is 0 Å². The molecule has 3 aliphatic rings. The van der Waals surface area contributed by atoms with Gasteiger partial charge in [-0.05, 0) is 70.9 Å². The second-order valence-electron chi connectivity index (χ2n) is 6.63. The van der Waals surface area contributed by atoms with E-state index in [1.807, 2.05) is 0 Å². The standard InChI is InChI=1S/C14H26N2/c1-14(2,12-6-7-12)16-9-3-8-15-13(10-16)11-4-5-11/h11-13,15H,3-10H2,1-2H3. The van der Waals surface area contributed by atoms with Crippen molar-refractivity contribution >= 4 is 0 Å². The Morgan fingerprint density at radius 1 is 1.12 bits per heavy atom. The van der Waals surface area contributed by atoms with Gasteiger partial charge in [-0.25, -0.2) is 0 Å². The molecule has 1 aliphatic heterocycles. The van der Waals surface area contributed by atoms with Crippen LogP contribution in [-0.4, -0.2) is 36.1 Å². The zero-order valence-electron chi connectivity index (χ0n) is 10.8. The Labute approximate surface area is 99.8 Å². The highest BCUT2D eigenvalue weighted by Gasteiger charge is 2.44. The number of nitrogens with one attached hydrogen (secondary N) is 1. The first kappa shape index (κ1) is 11.0. The molecule has 92 valence electrons. The molecule has 1 unspecified atom stereocenters. The third-order valence-corrected chi connectivity index (χ3v) is 5.01. The molecule has 2 aliphatic carbocycles. The SMILES string of the molecule is CC(C)(C1CC1)N1CCCNC(C2CC2)C1. The first-order valence-corrected chi connectivity index (χ1v) is 7.16. The second-order valence-corrected chi connectivity index (χ2v) is 6.63. The van der Waals surface area contributed by atoms with E-state index in [0.29, 0.717) is 5.54 Å². The molecule has 2 saturated carbocycles. The van der Waals surface area contributed by atoms with Crippen molar-refractivity contribution in [2.45, 2.75) is 57.5 Å². The quantitative estimate of drug-likeness (QED) is 0.788. The van der Waals surface area contributed by atoms with Crippen molar-refractivity contribution in [2.24, 2.45) is 11.8 Å². The summed E-state index contributed by atoms with van der Waals surface area (Å²) in [5.74, 6) is 1.97. The molecule has 1 heterocycles. The van der Waals surface area contributed by atoms with E-state index < -0.39 is 0 Å². The zero-order chi connectivity index (χ0) is 11.2. The highest BCUT2D eigenvalue weighted by atomic mass is 15.2. The van der Waals surface area contributed by atoms with Crippen molar-refractivity contribution in [3.05, 3.63) is 0 Å². The molecule has 1 saturated heterocycles. The highest BCUT2D eigenvalue weighted by molar-refractivity contribution is 4.99. The van der Waals surface area contributed by atoms with Crippen molar-refractivity contribution in [3.8, 4) is 0 Å². The van der Waals surface area contributed by atoms with Gasteiger partial charge in [-0.15, -0.1) is 0 Å². The van der Waals surface area contributed by atoms with Crippen molar-refractivity contribution in [2.75, 3.05) is 19.6 Å². The predicted octanol–water partition coefficient (Wildman–Crippen LogP) is 2.25. The van der Waals surface area contributed by atoms with Gasteiger partial charge in [0.1, 0.15) is 0 Å². The molecule has 0 aromatic rings. The Bertz CT molecular complexity index is 253. The normalized spacial score (nSPS) is 33.8. The van der Waals surface area contributed by atoms with E-state index in [0.717, 1.165) is 17.9 Å².